The third-order valence-electron chi connectivity index (χ3n) is 5.20. The van der Waals surface area contributed by atoms with Gasteiger partial charge in [-0.15, -0.1) is 0 Å². The molecule has 1 atom stereocenters. The van der Waals surface area contributed by atoms with E-state index in [0.29, 0.717) is 11.3 Å². The number of benzene rings is 1. The monoisotopic (exact) mass is 390 g/mol. The Kier molecular flexibility index (Phi) is 7.85. The van der Waals surface area contributed by atoms with E-state index in [0.717, 1.165) is 51.9 Å². The fraction of sp³-hybridized carbons (Fsp3) is 0.667. The molecule has 2 fully saturated rings. The average Bonchev–Trinajstić information content (AvgIpc) is 3.12. The van der Waals surface area contributed by atoms with Crippen molar-refractivity contribution < 1.29 is 4.74 Å². The van der Waals surface area contributed by atoms with Gasteiger partial charge in [0.2, 0.25) is 0 Å². The molecule has 1 aromatic rings. The summed E-state index contributed by atoms with van der Waals surface area (Å²) in [6, 6.07) is 8.82. The van der Waals surface area contributed by atoms with Gasteiger partial charge in [-0.3, -0.25) is 4.90 Å². The van der Waals surface area contributed by atoms with Crippen molar-refractivity contribution in [1.82, 2.24) is 15.5 Å². The highest BCUT2D eigenvalue weighted by Crippen LogP contribution is 2.36. The summed E-state index contributed by atoms with van der Waals surface area (Å²) in [5.74, 6) is 2.20. The van der Waals surface area contributed by atoms with Gasteiger partial charge in [0.25, 0.3) is 0 Å². The highest BCUT2D eigenvalue weighted by molar-refractivity contribution is 8.00. The van der Waals surface area contributed by atoms with E-state index >= 15 is 0 Å². The second-order valence-corrected chi connectivity index (χ2v) is 9.34. The maximum atomic E-state index is 5.44. The Labute approximate surface area is 168 Å². The number of guanidine groups is 1. The van der Waals surface area contributed by atoms with Crippen molar-refractivity contribution in [3.63, 3.8) is 0 Å². The standard InChI is InChI=1S/C21H34N4OS/c1-3-22-20(24-17-21(2)8-5-13-27-21)23-15-18-6-4-7-19(14-18)16-25-9-11-26-12-10-25/h4,6-7,14H,3,5,8-13,15-17H2,1-2H3,(H2,22,23,24). The molecule has 0 radical (unpaired) electrons. The summed E-state index contributed by atoms with van der Waals surface area (Å²) in [5.41, 5.74) is 2.62. The first-order valence-electron chi connectivity index (χ1n) is 10.2. The first-order valence-corrected chi connectivity index (χ1v) is 11.2. The predicted octanol–water partition coefficient (Wildman–Crippen LogP) is 2.86. The molecule has 27 heavy (non-hydrogen) atoms. The van der Waals surface area contributed by atoms with Crippen LogP contribution >= 0.6 is 11.8 Å². The molecule has 150 valence electrons. The van der Waals surface area contributed by atoms with Crippen LogP contribution in [0.5, 0.6) is 0 Å². The zero-order valence-corrected chi connectivity index (χ0v) is 17.6. The van der Waals surface area contributed by atoms with Crippen molar-refractivity contribution in [2.75, 3.05) is 45.1 Å². The van der Waals surface area contributed by atoms with E-state index in [1.165, 1.54) is 29.7 Å². The van der Waals surface area contributed by atoms with Crippen LogP contribution in [0.15, 0.2) is 29.3 Å². The topological polar surface area (TPSA) is 48.9 Å². The van der Waals surface area contributed by atoms with Crippen molar-refractivity contribution in [3.8, 4) is 0 Å². The van der Waals surface area contributed by atoms with Crippen molar-refractivity contribution in [3.05, 3.63) is 35.4 Å². The van der Waals surface area contributed by atoms with Crippen LogP contribution < -0.4 is 10.6 Å². The lowest BCUT2D eigenvalue weighted by atomic mass is 10.1. The lowest BCUT2D eigenvalue weighted by molar-refractivity contribution is 0.0342. The molecule has 5 nitrogen and oxygen atoms in total. The van der Waals surface area contributed by atoms with Gasteiger partial charge in [0.15, 0.2) is 5.96 Å². The number of rotatable bonds is 7. The van der Waals surface area contributed by atoms with Crippen molar-refractivity contribution in [2.24, 2.45) is 4.99 Å². The van der Waals surface area contributed by atoms with Gasteiger partial charge in [0, 0.05) is 37.5 Å². The van der Waals surface area contributed by atoms with E-state index in [-0.39, 0.29) is 0 Å². The smallest absolute Gasteiger partial charge is 0.191 e. The van der Waals surface area contributed by atoms with Gasteiger partial charge >= 0.3 is 0 Å². The minimum Gasteiger partial charge on any atom is -0.379 e. The normalized spacial score (nSPS) is 24.1. The van der Waals surface area contributed by atoms with Crippen molar-refractivity contribution in [2.45, 2.75) is 44.5 Å². The van der Waals surface area contributed by atoms with E-state index in [2.05, 4.69) is 65.4 Å². The molecular formula is C21H34N4OS. The minimum atomic E-state index is 0.342. The van der Waals surface area contributed by atoms with Gasteiger partial charge in [0.05, 0.1) is 19.8 Å². The number of nitrogens with zero attached hydrogens (tertiary/aromatic N) is 2. The fourth-order valence-electron chi connectivity index (χ4n) is 3.60. The lowest BCUT2D eigenvalue weighted by Gasteiger charge is -2.26. The number of aliphatic imine (C=N–C) groups is 1. The number of thioether (sulfide) groups is 1. The quantitative estimate of drug-likeness (QED) is 0.554. The SMILES string of the molecule is CCNC(=NCc1cccc(CN2CCOCC2)c1)NCC1(C)CCCS1. The van der Waals surface area contributed by atoms with Crippen LogP contribution in [-0.4, -0.2) is 60.8 Å². The highest BCUT2D eigenvalue weighted by atomic mass is 32.2. The van der Waals surface area contributed by atoms with Gasteiger partial charge in [-0.25, -0.2) is 4.99 Å². The molecule has 1 unspecified atom stereocenters. The molecule has 3 rings (SSSR count). The fourth-order valence-corrected chi connectivity index (χ4v) is 4.85. The molecule has 0 spiro atoms. The molecule has 0 aliphatic carbocycles. The van der Waals surface area contributed by atoms with Crippen LogP contribution in [-0.2, 0) is 17.8 Å². The second kappa shape index (κ2) is 10.3. The molecule has 0 bridgehead atoms. The Morgan fingerprint density at radius 1 is 1.26 bits per heavy atom. The third kappa shape index (κ3) is 6.70. The average molecular weight is 391 g/mol. The minimum absolute atomic E-state index is 0.342. The first kappa shape index (κ1) is 20.5. The van der Waals surface area contributed by atoms with Crippen LogP contribution in [0.3, 0.4) is 0 Å². The van der Waals surface area contributed by atoms with Crippen LogP contribution in [0.4, 0.5) is 0 Å². The number of ether oxygens (including phenoxy) is 1. The van der Waals surface area contributed by atoms with Crippen LogP contribution in [0, 0.1) is 0 Å². The summed E-state index contributed by atoms with van der Waals surface area (Å²) in [6.45, 7) is 11.8. The number of nitrogens with one attached hydrogen (secondary N) is 2. The van der Waals surface area contributed by atoms with Crippen LogP contribution in [0.2, 0.25) is 0 Å². The molecule has 2 heterocycles. The van der Waals surface area contributed by atoms with E-state index in [4.69, 9.17) is 9.73 Å². The maximum absolute atomic E-state index is 5.44. The van der Waals surface area contributed by atoms with Gasteiger partial charge in [0.1, 0.15) is 0 Å². The Hall–Kier alpha value is -1.24. The molecule has 0 aromatic heterocycles. The molecular weight excluding hydrogens is 356 g/mol. The zero-order valence-electron chi connectivity index (χ0n) is 16.8. The summed E-state index contributed by atoms with van der Waals surface area (Å²) in [7, 11) is 0. The van der Waals surface area contributed by atoms with Gasteiger partial charge in [-0.1, -0.05) is 24.3 Å². The molecule has 2 N–H and O–H groups in total. The molecule has 0 amide bonds. The Morgan fingerprint density at radius 2 is 2.07 bits per heavy atom. The van der Waals surface area contributed by atoms with E-state index in [1.54, 1.807) is 0 Å². The predicted molar refractivity (Wildman–Crippen MR) is 115 cm³/mol. The Balaban J connectivity index is 1.55. The van der Waals surface area contributed by atoms with Crippen LogP contribution in [0.25, 0.3) is 0 Å². The summed E-state index contributed by atoms with van der Waals surface area (Å²) >= 11 is 2.08. The van der Waals surface area contributed by atoms with Gasteiger partial charge in [-0.05, 0) is 43.6 Å². The Morgan fingerprint density at radius 3 is 2.81 bits per heavy atom. The molecule has 1 aromatic carbocycles. The highest BCUT2D eigenvalue weighted by Gasteiger charge is 2.29. The molecule has 2 aliphatic rings. The Bertz CT molecular complexity index is 610. The van der Waals surface area contributed by atoms with Crippen LogP contribution in [0.1, 0.15) is 37.8 Å². The first-order chi connectivity index (χ1) is 13.2. The summed E-state index contributed by atoms with van der Waals surface area (Å²) < 4.78 is 5.78. The lowest BCUT2D eigenvalue weighted by Crippen LogP contribution is -2.43. The van der Waals surface area contributed by atoms with E-state index in [1.807, 2.05) is 0 Å². The van der Waals surface area contributed by atoms with Crippen molar-refractivity contribution in [1.29, 1.82) is 0 Å². The maximum Gasteiger partial charge on any atom is 0.191 e. The number of morpholine rings is 1. The largest absolute Gasteiger partial charge is 0.379 e. The second-order valence-electron chi connectivity index (χ2n) is 7.66. The van der Waals surface area contributed by atoms with Crippen molar-refractivity contribution >= 4 is 17.7 Å². The molecule has 6 heteroatoms. The number of hydrogen-bond donors (Lipinski definition) is 2. The zero-order chi connectivity index (χ0) is 19.0. The third-order valence-corrected chi connectivity index (χ3v) is 6.73. The molecule has 2 aliphatic heterocycles. The number of hydrogen-bond acceptors (Lipinski definition) is 4. The van der Waals surface area contributed by atoms with Gasteiger partial charge in [-0.2, -0.15) is 11.8 Å². The molecule has 0 saturated carbocycles. The summed E-state index contributed by atoms with van der Waals surface area (Å²) in [6.07, 6.45) is 2.61. The van der Waals surface area contributed by atoms with E-state index in [9.17, 15) is 0 Å². The van der Waals surface area contributed by atoms with Gasteiger partial charge < -0.3 is 15.4 Å². The summed E-state index contributed by atoms with van der Waals surface area (Å²) in [4.78, 5) is 7.27. The van der Waals surface area contributed by atoms with E-state index < -0.39 is 0 Å². The molecule has 2 saturated heterocycles. The summed E-state index contributed by atoms with van der Waals surface area (Å²) in [5, 5.41) is 6.93.